The molecule has 0 saturated heterocycles. The minimum atomic E-state index is 0.467. The van der Waals surface area contributed by atoms with Crippen LogP contribution < -0.4 is 5.32 Å². The van der Waals surface area contributed by atoms with Gasteiger partial charge in [0.05, 0.1) is 14.4 Å². The first kappa shape index (κ1) is 13.8. The van der Waals surface area contributed by atoms with E-state index >= 15 is 0 Å². The van der Waals surface area contributed by atoms with Gasteiger partial charge in [-0.1, -0.05) is 19.1 Å². The summed E-state index contributed by atoms with van der Waals surface area (Å²) in [5, 5.41) is 7.79. The molecular weight excluding hydrogens is 316 g/mol. The summed E-state index contributed by atoms with van der Waals surface area (Å²) in [6, 6.07) is 11.1. The number of nitrogens with zero attached hydrogens (tertiary/aromatic N) is 1. The monoisotopic (exact) mass is 332 g/mol. The van der Waals surface area contributed by atoms with E-state index in [1.165, 1.54) is 25.9 Å². The van der Waals surface area contributed by atoms with Gasteiger partial charge < -0.3 is 5.32 Å². The van der Waals surface area contributed by atoms with Crippen LogP contribution in [0.25, 0.3) is 10.2 Å². The number of thioether (sulfide) groups is 1. The molecule has 2 aromatic heterocycles. The Morgan fingerprint density at radius 3 is 3.10 bits per heavy atom. The Labute approximate surface area is 136 Å². The Bertz CT molecular complexity index is 729. The first-order valence-electron chi connectivity index (χ1n) is 7.11. The molecule has 5 heteroatoms. The van der Waals surface area contributed by atoms with Crippen LogP contribution in [0.3, 0.4) is 0 Å². The van der Waals surface area contributed by atoms with Crippen molar-refractivity contribution in [2.24, 2.45) is 0 Å². The minimum absolute atomic E-state index is 0.467. The normalized spacial score (nSPS) is 21.6. The number of thiophene rings is 1. The highest BCUT2D eigenvalue weighted by atomic mass is 32.2. The molecule has 0 aliphatic carbocycles. The van der Waals surface area contributed by atoms with Gasteiger partial charge in [-0.15, -0.1) is 34.4 Å². The number of benzene rings is 1. The molecule has 3 aromatic rings. The maximum absolute atomic E-state index is 4.71. The van der Waals surface area contributed by atoms with Crippen LogP contribution in [0.4, 0.5) is 0 Å². The van der Waals surface area contributed by atoms with Crippen LogP contribution >= 0.6 is 34.4 Å². The zero-order chi connectivity index (χ0) is 14.2. The number of rotatable bonds is 3. The summed E-state index contributed by atoms with van der Waals surface area (Å²) in [4.78, 5) is 4.71. The van der Waals surface area contributed by atoms with Gasteiger partial charge in [0.15, 0.2) is 0 Å². The molecule has 0 fully saturated rings. The van der Waals surface area contributed by atoms with Gasteiger partial charge in [-0.05, 0) is 35.6 Å². The van der Waals surface area contributed by atoms with E-state index in [9.17, 15) is 0 Å². The second-order valence-electron chi connectivity index (χ2n) is 5.34. The van der Waals surface area contributed by atoms with Crippen LogP contribution in [0.2, 0.25) is 0 Å². The van der Waals surface area contributed by atoms with E-state index in [1.54, 1.807) is 11.3 Å². The summed E-state index contributed by atoms with van der Waals surface area (Å²) in [6.07, 6.45) is 1.19. The van der Waals surface area contributed by atoms with Crippen molar-refractivity contribution in [3.8, 4) is 0 Å². The molecular formula is C16H16N2S3. The Kier molecular flexibility index (Phi) is 3.75. The summed E-state index contributed by atoms with van der Waals surface area (Å²) in [5.74, 6) is 0. The number of thiazole rings is 1. The molecule has 1 aromatic carbocycles. The number of hydrogen-bond donors (Lipinski definition) is 1. The van der Waals surface area contributed by atoms with Crippen molar-refractivity contribution in [2.45, 2.75) is 35.4 Å². The number of nitrogens with one attached hydrogen (secondary N) is 1. The number of fused-ring (bicyclic) bond motifs is 2. The van der Waals surface area contributed by atoms with Crippen LogP contribution in [0.5, 0.6) is 0 Å². The van der Waals surface area contributed by atoms with Crippen molar-refractivity contribution in [3.63, 3.8) is 0 Å². The van der Waals surface area contributed by atoms with E-state index in [-0.39, 0.29) is 0 Å². The van der Waals surface area contributed by atoms with Crippen molar-refractivity contribution >= 4 is 44.7 Å². The third-order valence-corrected chi connectivity index (χ3v) is 7.13. The maximum atomic E-state index is 4.71. The SMILES string of the molecule is C[C@H]1CC(NCc2nc3ccccc3s2)c2ccsc2S1. The highest BCUT2D eigenvalue weighted by Gasteiger charge is 2.26. The van der Waals surface area contributed by atoms with Gasteiger partial charge >= 0.3 is 0 Å². The summed E-state index contributed by atoms with van der Waals surface area (Å²) < 4.78 is 2.76. The van der Waals surface area contributed by atoms with Crippen molar-refractivity contribution < 1.29 is 0 Å². The molecule has 1 aliphatic heterocycles. The predicted octanol–water partition coefficient (Wildman–Crippen LogP) is 5.07. The van der Waals surface area contributed by atoms with Crippen LogP contribution in [0.15, 0.2) is 39.9 Å². The highest BCUT2D eigenvalue weighted by Crippen LogP contribution is 2.43. The molecule has 2 nitrogen and oxygen atoms in total. The van der Waals surface area contributed by atoms with E-state index in [2.05, 4.69) is 48.0 Å². The van der Waals surface area contributed by atoms with Crippen molar-refractivity contribution in [1.82, 2.24) is 10.3 Å². The number of para-hydroxylation sites is 1. The van der Waals surface area contributed by atoms with Crippen LogP contribution in [-0.4, -0.2) is 10.2 Å². The lowest BCUT2D eigenvalue weighted by molar-refractivity contribution is 0.488. The van der Waals surface area contributed by atoms with Gasteiger partial charge in [0.2, 0.25) is 0 Å². The molecule has 108 valence electrons. The molecule has 0 spiro atoms. The van der Waals surface area contributed by atoms with Gasteiger partial charge in [0.25, 0.3) is 0 Å². The van der Waals surface area contributed by atoms with Gasteiger partial charge in [-0.3, -0.25) is 0 Å². The van der Waals surface area contributed by atoms with Crippen LogP contribution in [0, 0.1) is 0 Å². The third-order valence-electron chi connectivity index (χ3n) is 3.75. The Morgan fingerprint density at radius 1 is 1.29 bits per heavy atom. The molecule has 3 heterocycles. The molecule has 4 rings (SSSR count). The van der Waals surface area contributed by atoms with Crippen LogP contribution in [0.1, 0.15) is 30.0 Å². The van der Waals surface area contributed by atoms with Gasteiger partial charge in [0, 0.05) is 17.8 Å². The maximum Gasteiger partial charge on any atom is 0.108 e. The fourth-order valence-electron chi connectivity index (χ4n) is 2.75. The molecule has 1 aliphatic rings. The van der Waals surface area contributed by atoms with E-state index in [0.717, 1.165) is 12.1 Å². The Hall–Kier alpha value is -0.880. The molecule has 1 N–H and O–H groups in total. The summed E-state index contributed by atoms with van der Waals surface area (Å²) >= 11 is 5.68. The Morgan fingerprint density at radius 2 is 2.19 bits per heavy atom. The first-order valence-corrected chi connectivity index (χ1v) is 9.69. The van der Waals surface area contributed by atoms with E-state index in [0.29, 0.717) is 11.3 Å². The number of hydrogen-bond acceptors (Lipinski definition) is 5. The average Bonchev–Trinajstić information content (AvgIpc) is 3.10. The standard InChI is InChI=1S/C16H16N2S3/c1-10-8-13(11-6-7-19-16(11)20-10)17-9-15-18-12-4-2-3-5-14(12)21-15/h2-7,10,13,17H,8-9H2,1H3/t10-,13?/m0/s1. The zero-order valence-electron chi connectivity index (χ0n) is 11.7. The van der Waals surface area contributed by atoms with Gasteiger partial charge in [-0.25, -0.2) is 4.98 Å². The summed E-state index contributed by atoms with van der Waals surface area (Å²) in [6.45, 7) is 3.18. The number of aromatic nitrogens is 1. The Balaban J connectivity index is 1.52. The predicted molar refractivity (Wildman–Crippen MR) is 93.5 cm³/mol. The largest absolute Gasteiger partial charge is 0.303 e. The molecule has 1 unspecified atom stereocenters. The van der Waals surface area contributed by atoms with E-state index in [1.807, 2.05) is 23.1 Å². The van der Waals surface area contributed by atoms with Crippen molar-refractivity contribution in [2.75, 3.05) is 0 Å². The zero-order valence-corrected chi connectivity index (χ0v) is 14.2. The topological polar surface area (TPSA) is 24.9 Å². The van der Waals surface area contributed by atoms with Crippen LogP contribution in [-0.2, 0) is 6.54 Å². The molecule has 0 radical (unpaired) electrons. The second kappa shape index (κ2) is 5.72. The van der Waals surface area contributed by atoms with E-state index in [4.69, 9.17) is 4.98 Å². The summed E-state index contributed by atoms with van der Waals surface area (Å²) in [7, 11) is 0. The molecule has 0 amide bonds. The van der Waals surface area contributed by atoms with Crippen molar-refractivity contribution in [1.29, 1.82) is 0 Å². The molecule has 0 saturated carbocycles. The smallest absolute Gasteiger partial charge is 0.108 e. The molecule has 0 bridgehead atoms. The van der Waals surface area contributed by atoms with Crippen molar-refractivity contribution in [3.05, 3.63) is 46.3 Å². The third kappa shape index (κ3) is 2.75. The lowest BCUT2D eigenvalue weighted by atomic mass is 10.1. The average molecular weight is 333 g/mol. The molecule has 21 heavy (non-hydrogen) atoms. The van der Waals surface area contributed by atoms with Gasteiger partial charge in [0.1, 0.15) is 5.01 Å². The second-order valence-corrected chi connectivity index (χ2v) is 9.07. The molecule has 2 atom stereocenters. The lowest BCUT2D eigenvalue weighted by Gasteiger charge is -2.27. The lowest BCUT2D eigenvalue weighted by Crippen LogP contribution is -2.25. The quantitative estimate of drug-likeness (QED) is 0.724. The minimum Gasteiger partial charge on any atom is -0.303 e. The summed E-state index contributed by atoms with van der Waals surface area (Å²) in [5.41, 5.74) is 2.59. The fraction of sp³-hybridized carbons (Fsp3) is 0.312. The van der Waals surface area contributed by atoms with Gasteiger partial charge in [-0.2, -0.15) is 0 Å². The first-order chi connectivity index (χ1) is 10.3. The fourth-order valence-corrected chi connectivity index (χ4v) is 6.23. The van der Waals surface area contributed by atoms with E-state index < -0.39 is 0 Å². The highest BCUT2D eigenvalue weighted by molar-refractivity contribution is 8.01.